The first-order valence-electron chi connectivity index (χ1n) is 8.84. The van der Waals surface area contributed by atoms with Crippen molar-refractivity contribution in [3.05, 3.63) is 30.5 Å². The van der Waals surface area contributed by atoms with Crippen molar-refractivity contribution in [2.24, 2.45) is 0 Å². The number of aromatic nitrogens is 1. The molecule has 1 aromatic heterocycles. The van der Waals surface area contributed by atoms with Gasteiger partial charge in [0.25, 0.3) is 0 Å². The van der Waals surface area contributed by atoms with Crippen LogP contribution in [0.2, 0.25) is 0 Å². The van der Waals surface area contributed by atoms with Crippen LogP contribution >= 0.6 is 0 Å². The minimum Gasteiger partial charge on any atom is -0.493 e. The van der Waals surface area contributed by atoms with Crippen molar-refractivity contribution in [1.29, 1.82) is 0 Å². The number of nitrogens with one attached hydrogen (secondary N) is 1. The van der Waals surface area contributed by atoms with Gasteiger partial charge in [-0.3, -0.25) is 4.98 Å². The lowest BCUT2D eigenvalue weighted by atomic mass is 10.1. The first kappa shape index (κ1) is 20.8. The van der Waals surface area contributed by atoms with E-state index in [1.807, 2.05) is 38.5 Å². The first-order chi connectivity index (χ1) is 13.1. The van der Waals surface area contributed by atoms with Crippen LogP contribution in [0.15, 0.2) is 30.5 Å². The lowest BCUT2D eigenvalue weighted by molar-refractivity contribution is 0.142. The molecule has 1 N–H and O–H groups in total. The highest BCUT2D eigenvalue weighted by atomic mass is 16.6. The number of methoxy groups -OCH3 is 3. The second-order valence-corrected chi connectivity index (χ2v) is 5.98. The van der Waals surface area contributed by atoms with E-state index in [4.69, 9.17) is 18.9 Å². The SMILES string of the molecule is CNCCN(C)c1ccc(-c2cc(OC)c(OCCOC)c(OC)c2)nc1. The van der Waals surface area contributed by atoms with E-state index in [1.54, 1.807) is 21.3 Å². The van der Waals surface area contributed by atoms with Crippen LogP contribution in [0, 0.1) is 0 Å². The Bertz CT molecular complexity index is 682. The first-order valence-corrected chi connectivity index (χ1v) is 8.84. The van der Waals surface area contributed by atoms with Crippen LogP contribution in [-0.2, 0) is 4.74 Å². The van der Waals surface area contributed by atoms with Gasteiger partial charge in [0.1, 0.15) is 6.61 Å². The van der Waals surface area contributed by atoms with Gasteiger partial charge in [0, 0.05) is 32.8 Å². The number of anilines is 1. The molecule has 0 atom stereocenters. The Morgan fingerprint density at radius 1 is 1.04 bits per heavy atom. The number of pyridine rings is 1. The highest BCUT2D eigenvalue weighted by molar-refractivity contribution is 5.69. The smallest absolute Gasteiger partial charge is 0.203 e. The zero-order valence-corrected chi connectivity index (χ0v) is 16.7. The summed E-state index contributed by atoms with van der Waals surface area (Å²) in [6.45, 7) is 2.72. The Labute approximate surface area is 161 Å². The molecule has 0 aliphatic heterocycles. The molecule has 0 spiro atoms. The highest BCUT2D eigenvalue weighted by Crippen LogP contribution is 2.41. The van der Waals surface area contributed by atoms with Gasteiger partial charge in [-0.05, 0) is 31.3 Å². The van der Waals surface area contributed by atoms with E-state index in [2.05, 4.69) is 21.3 Å². The molecule has 0 aliphatic carbocycles. The molecular formula is C20H29N3O4. The van der Waals surface area contributed by atoms with Gasteiger partial charge in [-0.1, -0.05) is 0 Å². The van der Waals surface area contributed by atoms with Gasteiger partial charge in [0.2, 0.25) is 5.75 Å². The third kappa shape index (κ3) is 5.48. The fourth-order valence-corrected chi connectivity index (χ4v) is 2.59. The lowest BCUT2D eigenvalue weighted by Crippen LogP contribution is -2.27. The number of hydrogen-bond donors (Lipinski definition) is 1. The topological polar surface area (TPSA) is 65.1 Å². The number of benzene rings is 1. The summed E-state index contributed by atoms with van der Waals surface area (Å²) in [5.74, 6) is 1.75. The van der Waals surface area contributed by atoms with Gasteiger partial charge in [-0.25, -0.2) is 0 Å². The second kappa shape index (κ2) is 10.6. The molecule has 0 saturated carbocycles. The van der Waals surface area contributed by atoms with Crippen LogP contribution < -0.4 is 24.4 Å². The number of rotatable bonds is 11. The van der Waals surface area contributed by atoms with Crippen molar-refractivity contribution >= 4 is 5.69 Å². The van der Waals surface area contributed by atoms with E-state index in [0.29, 0.717) is 30.5 Å². The molecule has 7 heteroatoms. The molecule has 2 aromatic rings. The summed E-state index contributed by atoms with van der Waals surface area (Å²) in [5.41, 5.74) is 2.79. The van der Waals surface area contributed by atoms with Crippen molar-refractivity contribution in [3.63, 3.8) is 0 Å². The van der Waals surface area contributed by atoms with E-state index < -0.39 is 0 Å². The number of nitrogens with zero attached hydrogens (tertiary/aromatic N) is 2. The minimum atomic E-state index is 0.411. The van der Waals surface area contributed by atoms with E-state index in [9.17, 15) is 0 Å². The molecule has 0 radical (unpaired) electrons. The Morgan fingerprint density at radius 3 is 2.26 bits per heavy atom. The van der Waals surface area contributed by atoms with Crippen molar-refractivity contribution in [1.82, 2.24) is 10.3 Å². The summed E-state index contributed by atoms with van der Waals surface area (Å²) in [6.07, 6.45) is 1.87. The summed E-state index contributed by atoms with van der Waals surface area (Å²) in [4.78, 5) is 6.75. The summed E-state index contributed by atoms with van der Waals surface area (Å²) in [5, 5.41) is 3.14. The largest absolute Gasteiger partial charge is 0.493 e. The number of likely N-dealkylation sites (N-methyl/N-ethyl adjacent to an activating group) is 2. The van der Waals surface area contributed by atoms with Gasteiger partial charge in [0.15, 0.2) is 11.5 Å². The predicted molar refractivity (Wildman–Crippen MR) is 107 cm³/mol. The average molecular weight is 375 g/mol. The molecule has 0 bridgehead atoms. The molecule has 2 rings (SSSR count). The molecule has 0 saturated heterocycles. The molecule has 148 valence electrons. The van der Waals surface area contributed by atoms with E-state index >= 15 is 0 Å². The Balaban J connectivity index is 2.27. The van der Waals surface area contributed by atoms with Crippen LogP contribution in [0.4, 0.5) is 5.69 Å². The third-order valence-corrected chi connectivity index (χ3v) is 4.18. The highest BCUT2D eigenvalue weighted by Gasteiger charge is 2.16. The fraction of sp³-hybridized carbons (Fsp3) is 0.450. The zero-order chi connectivity index (χ0) is 19.6. The summed E-state index contributed by atoms with van der Waals surface area (Å²) >= 11 is 0. The third-order valence-electron chi connectivity index (χ3n) is 4.18. The van der Waals surface area contributed by atoms with Crippen LogP contribution in [0.1, 0.15) is 0 Å². The van der Waals surface area contributed by atoms with Crippen LogP contribution in [0.25, 0.3) is 11.3 Å². The van der Waals surface area contributed by atoms with Crippen LogP contribution in [0.5, 0.6) is 17.2 Å². The van der Waals surface area contributed by atoms with Gasteiger partial charge in [0.05, 0.1) is 38.4 Å². The number of hydrogen-bond acceptors (Lipinski definition) is 7. The summed E-state index contributed by atoms with van der Waals surface area (Å²) < 4.78 is 21.8. The lowest BCUT2D eigenvalue weighted by Gasteiger charge is -2.19. The second-order valence-electron chi connectivity index (χ2n) is 5.98. The quantitative estimate of drug-likeness (QED) is 0.605. The maximum Gasteiger partial charge on any atom is 0.203 e. The Morgan fingerprint density at radius 2 is 1.74 bits per heavy atom. The molecule has 0 unspecified atom stereocenters. The van der Waals surface area contributed by atoms with Crippen LogP contribution in [0.3, 0.4) is 0 Å². The summed E-state index contributed by atoms with van der Waals surface area (Å²) in [7, 11) is 8.83. The van der Waals surface area contributed by atoms with Gasteiger partial charge < -0.3 is 29.2 Å². The molecule has 0 aliphatic rings. The molecule has 7 nitrogen and oxygen atoms in total. The normalized spacial score (nSPS) is 10.6. The standard InChI is InChI=1S/C20H29N3O4/c1-21-8-9-23(2)16-6-7-17(22-14-16)15-12-18(25-4)20(19(13-15)26-5)27-11-10-24-3/h6-7,12-14,21H,8-11H2,1-5H3. The van der Waals surface area contributed by atoms with Crippen LogP contribution in [-0.4, -0.2) is 66.7 Å². The van der Waals surface area contributed by atoms with Crippen molar-refractivity contribution in [2.75, 3.05) is 66.6 Å². The summed E-state index contributed by atoms with van der Waals surface area (Å²) in [6, 6.07) is 7.85. The van der Waals surface area contributed by atoms with E-state index in [1.165, 1.54) is 0 Å². The maximum atomic E-state index is 5.76. The van der Waals surface area contributed by atoms with E-state index in [0.717, 1.165) is 30.0 Å². The van der Waals surface area contributed by atoms with Gasteiger partial charge in [-0.15, -0.1) is 0 Å². The predicted octanol–water partition coefficient (Wildman–Crippen LogP) is 2.45. The van der Waals surface area contributed by atoms with Crippen molar-refractivity contribution in [2.45, 2.75) is 0 Å². The zero-order valence-electron chi connectivity index (χ0n) is 16.7. The Kier molecular flexibility index (Phi) is 8.16. The molecule has 0 fully saturated rings. The number of ether oxygens (including phenoxy) is 4. The molecule has 1 aromatic carbocycles. The Hall–Kier alpha value is -2.51. The van der Waals surface area contributed by atoms with E-state index in [-0.39, 0.29) is 0 Å². The van der Waals surface area contributed by atoms with Crippen molar-refractivity contribution < 1.29 is 18.9 Å². The minimum absolute atomic E-state index is 0.411. The molecule has 0 amide bonds. The monoisotopic (exact) mass is 375 g/mol. The average Bonchev–Trinajstić information content (AvgIpc) is 2.72. The fourth-order valence-electron chi connectivity index (χ4n) is 2.59. The molecule has 1 heterocycles. The molecular weight excluding hydrogens is 346 g/mol. The van der Waals surface area contributed by atoms with Gasteiger partial charge >= 0.3 is 0 Å². The molecule has 27 heavy (non-hydrogen) atoms. The van der Waals surface area contributed by atoms with Crippen molar-refractivity contribution in [3.8, 4) is 28.5 Å². The maximum absolute atomic E-state index is 5.76. The van der Waals surface area contributed by atoms with Gasteiger partial charge in [-0.2, -0.15) is 0 Å².